The largest absolute Gasteiger partial charge is 0.494 e. The molecule has 0 fully saturated rings. The molecule has 1 rings (SSSR count). The van der Waals surface area contributed by atoms with Crippen LogP contribution in [0.5, 0.6) is 5.75 Å². The Hall–Kier alpha value is -1.04. The maximum Gasteiger partial charge on any atom is 0.416 e. The Morgan fingerprint density at radius 2 is 2.06 bits per heavy atom. The number of ketones is 1. The van der Waals surface area contributed by atoms with E-state index in [4.69, 9.17) is 4.74 Å². The van der Waals surface area contributed by atoms with Crippen molar-refractivity contribution in [2.24, 2.45) is 0 Å². The summed E-state index contributed by atoms with van der Waals surface area (Å²) in [5, 5.41) is 0.166. The topological polar surface area (TPSA) is 26.3 Å². The van der Waals surface area contributed by atoms with Crippen molar-refractivity contribution in [3.63, 3.8) is 0 Å². The molecule has 18 heavy (non-hydrogen) atoms. The summed E-state index contributed by atoms with van der Waals surface area (Å²) in [4.78, 5) is 11.3. The highest BCUT2D eigenvalue weighted by atomic mass is 79.9. The Kier molecular flexibility index (Phi) is 5.19. The fourth-order valence-electron chi connectivity index (χ4n) is 1.43. The molecule has 0 heterocycles. The molecule has 0 spiro atoms. The lowest BCUT2D eigenvalue weighted by atomic mass is 10.1. The Morgan fingerprint density at radius 1 is 1.39 bits per heavy atom. The van der Waals surface area contributed by atoms with Crippen molar-refractivity contribution in [2.75, 3.05) is 11.9 Å². The summed E-state index contributed by atoms with van der Waals surface area (Å²) in [6, 6.07) is 3.17. The zero-order valence-electron chi connectivity index (χ0n) is 9.68. The summed E-state index contributed by atoms with van der Waals surface area (Å²) in [7, 11) is 0. The molecule has 0 unspecified atom stereocenters. The molecule has 0 aliphatic rings. The molecule has 2 nitrogen and oxygen atoms in total. The van der Waals surface area contributed by atoms with Gasteiger partial charge in [0.15, 0.2) is 0 Å². The first kappa shape index (κ1) is 15.0. The fraction of sp³-hybridized carbons (Fsp3) is 0.417. The molecule has 0 atom stereocenters. The van der Waals surface area contributed by atoms with Crippen LogP contribution in [0.25, 0.3) is 0 Å². The predicted molar refractivity (Wildman–Crippen MR) is 65.1 cm³/mol. The van der Waals surface area contributed by atoms with Crippen molar-refractivity contribution in [1.82, 2.24) is 0 Å². The summed E-state index contributed by atoms with van der Waals surface area (Å²) in [6.07, 6.45) is -4.36. The van der Waals surface area contributed by atoms with Gasteiger partial charge in [0.05, 0.1) is 17.5 Å². The van der Waals surface area contributed by atoms with Crippen LogP contribution < -0.4 is 4.74 Å². The van der Waals surface area contributed by atoms with Gasteiger partial charge in [0, 0.05) is 12.0 Å². The molecule has 0 saturated carbocycles. The molecule has 0 bridgehead atoms. The smallest absolute Gasteiger partial charge is 0.416 e. The number of carbonyl (C=O) groups is 1. The molecule has 0 radical (unpaired) electrons. The quantitative estimate of drug-likeness (QED) is 0.773. The van der Waals surface area contributed by atoms with E-state index in [-0.39, 0.29) is 29.9 Å². The number of rotatable bonds is 5. The van der Waals surface area contributed by atoms with Crippen LogP contribution in [0.3, 0.4) is 0 Å². The second kappa shape index (κ2) is 6.22. The van der Waals surface area contributed by atoms with Gasteiger partial charge in [-0.3, -0.25) is 4.79 Å². The second-order valence-electron chi connectivity index (χ2n) is 3.60. The first-order valence-corrected chi connectivity index (χ1v) is 6.41. The zero-order valence-corrected chi connectivity index (χ0v) is 11.3. The lowest BCUT2D eigenvalue weighted by Gasteiger charge is -2.13. The van der Waals surface area contributed by atoms with Crippen LogP contribution in [0.2, 0.25) is 0 Å². The van der Waals surface area contributed by atoms with E-state index in [0.717, 1.165) is 12.1 Å². The molecule has 0 aliphatic heterocycles. The molecule has 0 amide bonds. The van der Waals surface area contributed by atoms with Crippen molar-refractivity contribution < 1.29 is 22.7 Å². The van der Waals surface area contributed by atoms with E-state index in [1.807, 2.05) is 0 Å². The van der Waals surface area contributed by atoms with Crippen molar-refractivity contribution >= 4 is 21.7 Å². The predicted octanol–water partition coefficient (Wildman–Crippen LogP) is 3.61. The average molecular weight is 325 g/mol. The van der Waals surface area contributed by atoms with Gasteiger partial charge >= 0.3 is 6.18 Å². The molecule has 0 saturated heterocycles. The van der Waals surface area contributed by atoms with Crippen LogP contribution in [-0.4, -0.2) is 17.7 Å². The first-order valence-electron chi connectivity index (χ1n) is 5.29. The molecule has 6 heteroatoms. The van der Waals surface area contributed by atoms with E-state index in [1.165, 1.54) is 6.07 Å². The minimum atomic E-state index is -4.41. The molecule has 0 N–H and O–H groups in total. The highest BCUT2D eigenvalue weighted by Crippen LogP contribution is 2.33. The highest BCUT2D eigenvalue weighted by molar-refractivity contribution is 9.09. The SMILES string of the molecule is CCOc1cc(C(F)(F)F)ccc1CC(=O)CBr. The summed E-state index contributed by atoms with van der Waals surface area (Å²) < 4.78 is 42.8. The van der Waals surface area contributed by atoms with E-state index in [1.54, 1.807) is 6.92 Å². The van der Waals surface area contributed by atoms with Crippen LogP contribution in [-0.2, 0) is 17.4 Å². The van der Waals surface area contributed by atoms with E-state index >= 15 is 0 Å². The zero-order chi connectivity index (χ0) is 13.8. The Morgan fingerprint density at radius 3 is 2.56 bits per heavy atom. The van der Waals surface area contributed by atoms with Crippen LogP contribution >= 0.6 is 15.9 Å². The number of hydrogen-bond acceptors (Lipinski definition) is 2. The Labute approximate surface area is 111 Å². The van der Waals surface area contributed by atoms with Gasteiger partial charge in [-0.05, 0) is 19.1 Å². The monoisotopic (exact) mass is 324 g/mol. The summed E-state index contributed by atoms with van der Waals surface area (Å²) in [5.74, 6) is -0.00247. The number of halogens is 4. The molecule has 1 aromatic carbocycles. The number of hydrogen-bond donors (Lipinski definition) is 0. The van der Waals surface area contributed by atoms with Crippen LogP contribution in [0.15, 0.2) is 18.2 Å². The van der Waals surface area contributed by atoms with E-state index in [9.17, 15) is 18.0 Å². The first-order chi connectivity index (χ1) is 8.38. The molecule has 0 aromatic heterocycles. The minimum absolute atomic E-state index is 0.0543. The van der Waals surface area contributed by atoms with Gasteiger partial charge in [0.25, 0.3) is 0 Å². The van der Waals surface area contributed by atoms with Gasteiger partial charge in [0.1, 0.15) is 11.5 Å². The summed E-state index contributed by atoms with van der Waals surface area (Å²) in [6.45, 7) is 1.92. The fourth-order valence-corrected chi connectivity index (χ4v) is 1.62. The number of benzene rings is 1. The van der Waals surface area contributed by atoms with Crippen molar-refractivity contribution in [3.8, 4) is 5.75 Å². The van der Waals surface area contributed by atoms with E-state index in [2.05, 4.69) is 15.9 Å². The van der Waals surface area contributed by atoms with Crippen LogP contribution in [0.1, 0.15) is 18.1 Å². The summed E-state index contributed by atoms with van der Waals surface area (Å²) >= 11 is 3.01. The Balaban J connectivity index is 3.08. The van der Waals surface area contributed by atoms with E-state index in [0.29, 0.717) is 5.56 Å². The molecule has 0 aliphatic carbocycles. The molecular weight excluding hydrogens is 313 g/mol. The van der Waals surface area contributed by atoms with Crippen LogP contribution in [0.4, 0.5) is 13.2 Å². The lowest BCUT2D eigenvalue weighted by molar-refractivity contribution is -0.137. The summed E-state index contributed by atoms with van der Waals surface area (Å²) in [5.41, 5.74) is -0.310. The second-order valence-corrected chi connectivity index (χ2v) is 4.16. The third-order valence-electron chi connectivity index (χ3n) is 2.23. The standard InChI is InChI=1S/C12H12BrF3O2/c1-2-18-11-6-9(12(14,15)16)4-3-8(11)5-10(17)7-13/h3-4,6H,2,5,7H2,1H3. The maximum absolute atomic E-state index is 12.5. The average Bonchev–Trinajstić information content (AvgIpc) is 2.30. The molecule has 1 aromatic rings. The van der Waals surface area contributed by atoms with Gasteiger partial charge in [-0.15, -0.1) is 0 Å². The van der Waals surface area contributed by atoms with Crippen LogP contribution in [0, 0.1) is 0 Å². The number of carbonyl (C=O) groups excluding carboxylic acids is 1. The van der Waals surface area contributed by atoms with Crippen molar-refractivity contribution in [3.05, 3.63) is 29.3 Å². The third kappa shape index (κ3) is 4.01. The maximum atomic E-state index is 12.5. The minimum Gasteiger partial charge on any atom is -0.494 e. The van der Waals surface area contributed by atoms with Gasteiger partial charge in [0.2, 0.25) is 0 Å². The van der Waals surface area contributed by atoms with Crippen molar-refractivity contribution in [2.45, 2.75) is 19.5 Å². The van der Waals surface area contributed by atoms with E-state index < -0.39 is 11.7 Å². The highest BCUT2D eigenvalue weighted by Gasteiger charge is 2.31. The van der Waals surface area contributed by atoms with Gasteiger partial charge < -0.3 is 4.74 Å². The molecule has 100 valence electrons. The number of ether oxygens (including phenoxy) is 1. The van der Waals surface area contributed by atoms with Crippen molar-refractivity contribution in [1.29, 1.82) is 0 Å². The molecular formula is C12H12BrF3O2. The van der Waals surface area contributed by atoms with Gasteiger partial charge in [-0.25, -0.2) is 0 Å². The number of alkyl halides is 4. The third-order valence-corrected chi connectivity index (χ3v) is 2.86. The number of Topliss-reactive ketones (excluding diaryl/α,β-unsaturated/α-hetero) is 1. The lowest BCUT2D eigenvalue weighted by Crippen LogP contribution is -2.09. The Bertz CT molecular complexity index is 430. The normalized spacial score (nSPS) is 11.4. The van der Waals surface area contributed by atoms with Gasteiger partial charge in [-0.1, -0.05) is 22.0 Å². The van der Waals surface area contributed by atoms with Gasteiger partial charge in [-0.2, -0.15) is 13.2 Å².